The van der Waals surface area contributed by atoms with E-state index in [1.807, 2.05) is 0 Å². The molecular weight excluding hydrogens is 788 g/mol. The Morgan fingerprint density at radius 2 is 1.00 bits per heavy atom. The molecule has 4 atom stereocenters. The second-order valence-corrected chi connectivity index (χ2v) is 15.0. The van der Waals surface area contributed by atoms with Gasteiger partial charge in [0.05, 0.1) is 49.9 Å². The van der Waals surface area contributed by atoms with Crippen molar-refractivity contribution in [3.63, 3.8) is 0 Å². The van der Waals surface area contributed by atoms with E-state index in [0.29, 0.717) is 37.1 Å². The van der Waals surface area contributed by atoms with Crippen molar-refractivity contribution in [2.45, 2.75) is 74.8 Å². The first-order chi connectivity index (χ1) is 26.5. The van der Waals surface area contributed by atoms with Gasteiger partial charge in [-0.25, -0.2) is 9.59 Å². The van der Waals surface area contributed by atoms with Gasteiger partial charge < -0.3 is 79.7 Å². The van der Waals surface area contributed by atoms with Crippen LogP contribution in [0.1, 0.15) is 44.7 Å². The van der Waals surface area contributed by atoms with Gasteiger partial charge in [-0.05, 0) is 62.0 Å². The zero-order valence-electron chi connectivity index (χ0n) is 32.2. The fourth-order valence-electron chi connectivity index (χ4n) is 7.68. The van der Waals surface area contributed by atoms with Gasteiger partial charge in [-0.3, -0.25) is 9.59 Å². The maximum absolute atomic E-state index is 12.4. The molecule has 0 spiro atoms. The topological polar surface area (TPSA) is 298 Å². The van der Waals surface area contributed by atoms with Gasteiger partial charge in [0.1, 0.15) is 46.9 Å². The van der Waals surface area contributed by atoms with Crippen molar-refractivity contribution in [3.8, 4) is 23.0 Å². The molecular formula is C34H44B2N4Na2O16. The third-order valence-electron chi connectivity index (χ3n) is 10.8. The number of carboxylic acid groups (broad SMARTS) is 2. The molecule has 58 heavy (non-hydrogen) atoms. The molecule has 0 aromatic heterocycles. The van der Waals surface area contributed by atoms with Crippen molar-refractivity contribution in [3.05, 3.63) is 46.5 Å². The molecule has 4 fully saturated rings. The first kappa shape index (κ1) is 46.4. The molecule has 0 saturated carbocycles. The van der Waals surface area contributed by atoms with Crippen molar-refractivity contribution in [1.29, 1.82) is 0 Å². The molecule has 6 heterocycles. The van der Waals surface area contributed by atoms with Crippen LogP contribution in [0.3, 0.4) is 0 Å². The Hall–Kier alpha value is -2.67. The Balaban J connectivity index is 0.000000214. The van der Waals surface area contributed by atoms with Gasteiger partial charge in [-0.15, -0.1) is 0 Å². The van der Waals surface area contributed by atoms with E-state index in [9.17, 15) is 59.7 Å². The predicted molar refractivity (Wildman–Crippen MR) is 192 cm³/mol. The number of ether oxygens (including phenoxy) is 2. The Bertz CT molecular complexity index is 1770. The Morgan fingerprint density at radius 3 is 1.31 bits per heavy atom. The van der Waals surface area contributed by atoms with Crippen LogP contribution in [0, 0.1) is 0 Å². The van der Waals surface area contributed by atoms with Crippen LogP contribution in [0.15, 0.2) is 24.3 Å². The molecule has 0 unspecified atom stereocenters. The molecule has 8 rings (SSSR count). The Kier molecular flexibility index (Phi) is 14.8. The molecule has 24 heteroatoms. The molecule has 6 aliphatic heterocycles. The quantitative estimate of drug-likeness (QED) is 0.111. The van der Waals surface area contributed by atoms with Gasteiger partial charge in [-0.1, -0.05) is 24.8 Å². The van der Waals surface area contributed by atoms with Gasteiger partial charge in [-0.2, -0.15) is 0 Å². The van der Waals surface area contributed by atoms with E-state index in [0.717, 1.165) is 0 Å². The molecule has 304 valence electrons. The van der Waals surface area contributed by atoms with Crippen LogP contribution >= 0.6 is 0 Å². The Labute approximate surface area is 376 Å². The number of carboxylic acids is 2. The van der Waals surface area contributed by atoms with E-state index in [2.05, 4.69) is 10.6 Å². The van der Waals surface area contributed by atoms with Crippen molar-refractivity contribution < 1.29 is 138 Å². The number of carbonyl (C=O) groups is 4. The number of amides is 2. The molecule has 20 nitrogen and oxygen atoms in total. The molecule has 6 aliphatic rings. The number of aliphatic hydroxyl groups is 2. The van der Waals surface area contributed by atoms with E-state index in [1.165, 1.54) is 12.1 Å². The van der Waals surface area contributed by atoms with Crippen LogP contribution in [0.5, 0.6) is 23.0 Å². The van der Waals surface area contributed by atoms with Gasteiger partial charge in [0.2, 0.25) is 11.8 Å². The second-order valence-electron chi connectivity index (χ2n) is 15.0. The molecule has 0 radical (unpaired) electrons. The number of nitrogens with one attached hydrogen (secondary N) is 2. The van der Waals surface area contributed by atoms with Gasteiger partial charge >= 0.3 is 84.6 Å². The molecule has 2 aromatic rings. The molecule has 2 aromatic carbocycles. The minimum atomic E-state index is -3.10. The van der Waals surface area contributed by atoms with Crippen LogP contribution in [0.4, 0.5) is 0 Å². The molecule has 4 saturated heterocycles. The Morgan fingerprint density at radius 1 is 0.638 bits per heavy atom. The summed E-state index contributed by atoms with van der Waals surface area (Å²) in [7, 11) is 0. The summed E-state index contributed by atoms with van der Waals surface area (Å²) in [6, 6.07) is 5.10. The maximum Gasteiger partial charge on any atom is 1.00 e. The first-order valence-corrected chi connectivity index (χ1v) is 18.6. The summed E-state index contributed by atoms with van der Waals surface area (Å²) >= 11 is 0. The number of aliphatic hydroxyl groups excluding tert-OH is 2. The number of aromatic carboxylic acids is 2. The van der Waals surface area contributed by atoms with E-state index in [4.69, 9.17) is 18.8 Å². The van der Waals surface area contributed by atoms with E-state index < -0.39 is 61.9 Å². The largest absolute Gasteiger partial charge is 1.00 e. The van der Waals surface area contributed by atoms with Crippen molar-refractivity contribution in [1.82, 2.24) is 20.4 Å². The average molecular weight is 832 g/mol. The minimum Gasteiger partial charge on any atom is -0.669 e. The number of benzene rings is 2. The number of fused-ring (bicyclic) bond motifs is 2. The summed E-state index contributed by atoms with van der Waals surface area (Å²) in [5.41, 5.74) is 0.613. The van der Waals surface area contributed by atoms with Crippen LogP contribution in [0.25, 0.3) is 0 Å². The third-order valence-corrected chi connectivity index (χ3v) is 10.8. The summed E-state index contributed by atoms with van der Waals surface area (Å²) in [6.45, 7) is -3.94. The monoisotopic (exact) mass is 832 g/mol. The number of hydrogen-bond donors (Lipinski definition) is 10. The maximum atomic E-state index is 12.4. The van der Waals surface area contributed by atoms with Crippen molar-refractivity contribution >= 4 is 37.3 Å². The fourth-order valence-corrected chi connectivity index (χ4v) is 7.68. The zero-order valence-corrected chi connectivity index (χ0v) is 36.2. The molecule has 10 N–H and O–H groups in total. The van der Waals surface area contributed by atoms with Gasteiger partial charge in [0, 0.05) is 0 Å². The summed E-state index contributed by atoms with van der Waals surface area (Å²) in [6.07, 6.45) is -0.608. The number of hydrogen-bond acceptors (Lipinski definition) is 16. The van der Waals surface area contributed by atoms with E-state index in [-0.39, 0.29) is 157 Å². The number of rotatable bonds is 8. The number of carbonyl (C=O) groups excluding carboxylic acids is 2. The van der Waals surface area contributed by atoms with Gasteiger partial charge in [0.25, 0.3) is 0 Å². The smallest absolute Gasteiger partial charge is 0.669 e. The summed E-state index contributed by atoms with van der Waals surface area (Å²) in [5, 5.41) is 83.8. The first-order valence-electron chi connectivity index (χ1n) is 18.6. The fraction of sp³-hybridized carbons (Fsp3) is 0.529. The number of nitrogens with zero attached hydrogens (tertiary/aromatic N) is 2. The van der Waals surface area contributed by atoms with E-state index in [1.54, 1.807) is 21.9 Å². The number of likely N-dealkylation sites (tertiary alicyclic amines) is 2. The van der Waals surface area contributed by atoms with Crippen LogP contribution in [0.2, 0.25) is 12.6 Å². The summed E-state index contributed by atoms with van der Waals surface area (Å²) < 4.78 is 21.8. The minimum absolute atomic E-state index is 0. The second kappa shape index (κ2) is 18.5. The normalized spacial score (nSPS) is 25.3. The number of aryl methyl sites for hydroxylation is 2. The van der Waals surface area contributed by atoms with Gasteiger partial charge in [0.15, 0.2) is 0 Å². The van der Waals surface area contributed by atoms with Crippen molar-refractivity contribution in [2.75, 3.05) is 39.3 Å². The SMILES string of the molecule is O=C(O)c1c(OC2CN(C(=O)[C@H]3NCC[C@H]3O)C2)ccc2c1O[B-](O)(O)CC2.O=C(O)c1c(OC2CN(C(=O)[C@H]3NCC[C@H]3O)C2)ccc2c1O[B-](O)(O)CC2.[Na+].[Na+]. The van der Waals surface area contributed by atoms with E-state index >= 15 is 0 Å². The summed E-state index contributed by atoms with van der Waals surface area (Å²) in [5.74, 6) is -3.09. The molecule has 0 bridgehead atoms. The standard InChI is InChI=1S/2C17H22BN2O8.2Na/c2*21-11-4-6-19-14(11)16(22)20-7-10(8-20)27-12-2-1-9-3-5-18(25,26)28-15(9)13(12)17(23)24;;/h2*1-2,10-11,14,19,21,25-26H,3-8H2,(H,23,24);;/q2*-1;2*+1/t2*11-,14+;;/m11../s1. The average Bonchev–Trinajstić information content (AvgIpc) is 3.73. The third kappa shape index (κ3) is 9.92. The van der Waals surface area contributed by atoms with Crippen molar-refractivity contribution in [2.24, 2.45) is 0 Å². The van der Waals surface area contributed by atoms with Crippen LogP contribution < -0.4 is 88.5 Å². The zero-order chi connectivity index (χ0) is 40.1. The summed E-state index contributed by atoms with van der Waals surface area (Å²) in [4.78, 5) is 51.3. The van der Waals surface area contributed by atoms with Crippen LogP contribution in [-0.4, -0.2) is 163 Å². The predicted octanol–water partition coefficient (Wildman–Crippen LogP) is -8.88. The van der Waals surface area contributed by atoms with Crippen LogP contribution in [-0.2, 0) is 22.4 Å². The molecule has 0 aliphatic carbocycles. The molecule has 2 amide bonds.